The smallest absolute Gasteiger partial charge is 0.210 e. The summed E-state index contributed by atoms with van der Waals surface area (Å²) in [6.45, 7) is 0.847. The van der Waals surface area contributed by atoms with Crippen molar-refractivity contribution in [3.05, 3.63) is 63.5 Å². The van der Waals surface area contributed by atoms with E-state index >= 15 is 0 Å². The summed E-state index contributed by atoms with van der Waals surface area (Å²) in [5.41, 5.74) is 4.08. The van der Waals surface area contributed by atoms with E-state index in [2.05, 4.69) is 62.3 Å². The summed E-state index contributed by atoms with van der Waals surface area (Å²) in [4.78, 5) is 13.5. The van der Waals surface area contributed by atoms with E-state index in [4.69, 9.17) is 16.6 Å². The first kappa shape index (κ1) is 19.5. The number of hydrogen-bond donors (Lipinski definition) is 2. The van der Waals surface area contributed by atoms with E-state index in [0.717, 1.165) is 57.3 Å². The minimum atomic E-state index is 0.584. The molecule has 0 fully saturated rings. The van der Waals surface area contributed by atoms with Gasteiger partial charge in [0.2, 0.25) is 5.13 Å². The van der Waals surface area contributed by atoms with Gasteiger partial charge in [-0.15, -0.1) is 10.2 Å². The minimum Gasteiger partial charge on any atom is -0.330 e. The van der Waals surface area contributed by atoms with Gasteiger partial charge in [0.15, 0.2) is 5.01 Å². The van der Waals surface area contributed by atoms with Gasteiger partial charge in [-0.1, -0.05) is 29.0 Å². The molecule has 1 aromatic carbocycles. The minimum absolute atomic E-state index is 0.584. The number of aromatic amines is 1. The molecule has 0 amide bonds. The molecular weight excluding hydrogens is 514 g/mol. The van der Waals surface area contributed by atoms with Crippen LogP contribution >= 0.6 is 38.9 Å². The van der Waals surface area contributed by atoms with Crippen LogP contribution in [0.3, 0.4) is 0 Å². The first-order valence-corrected chi connectivity index (χ1v) is 11.6. The standard InChI is InChI=1S/C20H13BrClN9S/c21-16-8-23-14(7-24-16)15-9-31-5-1-2-10(18(31)26-15)19-29-30-20(32-19)27-13-4-3-12-11(17(13)22)6-25-28-12/h2-4,6-9H,1,5H2,(H,25,28)(H,27,30). The number of aromatic nitrogens is 8. The third-order valence-corrected chi connectivity index (χ3v) is 6.76. The Balaban J connectivity index is 1.30. The van der Waals surface area contributed by atoms with Crippen molar-refractivity contribution in [3.8, 4) is 11.4 Å². The van der Waals surface area contributed by atoms with E-state index in [0.29, 0.717) is 14.8 Å². The van der Waals surface area contributed by atoms with Crippen LogP contribution in [0.1, 0.15) is 17.3 Å². The summed E-state index contributed by atoms with van der Waals surface area (Å²) < 4.78 is 2.80. The predicted molar refractivity (Wildman–Crippen MR) is 127 cm³/mol. The number of nitrogens with zero attached hydrogens (tertiary/aromatic N) is 7. The molecule has 12 heteroatoms. The number of rotatable bonds is 4. The van der Waals surface area contributed by atoms with Gasteiger partial charge >= 0.3 is 0 Å². The number of hydrogen-bond acceptors (Lipinski definition) is 8. The Morgan fingerprint density at radius 1 is 1.12 bits per heavy atom. The van der Waals surface area contributed by atoms with Crippen molar-refractivity contribution in [1.29, 1.82) is 0 Å². The lowest BCUT2D eigenvalue weighted by molar-refractivity contribution is 0.684. The van der Waals surface area contributed by atoms with Crippen molar-refractivity contribution in [2.45, 2.75) is 13.0 Å². The van der Waals surface area contributed by atoms with Gasteiger partial charge in [0.25, 0.3) is 0 Å². The fraction of sp³-hybridized carbons (Fsp3) is 0.100. The number of aryl methyl sites for hydroxylation is 1. The molecule has 0 unspecified atom stereocenters. The zero-order chi connectivity index (χ0) is 21.7. The molecule has 1 aliphatic heterocycles. The first-order valence-electron chi connectivity index (χ1n) is 9.64. The average Bonchev–Trinajstić information content (AvgIpc) is 3.55. The van der Waals surface area contributed by atoms with Crippen LogP contribution in [0.4, 0.5) is 10.8 Å². The first-order chi connectivity index (χ1) is 15.7. The van der Waals surface area contributed by atoms with E-state index in [1.807, 2.05) is 18.3 Å². The van der Waals surface area contributed by atoms with Gasteiger partial charge in [-0.3, -0.25) is 10.1 Å². The number of halogens is 2. The zero-order valence-electron chi connectivity index (χ0n) is 16.3. The molecule has 0 saturated carbocycles. The summed E-state index contributed by atoms with van der Waals surface area (Å²) in [5.74, 6) is 0.844. The lowest BCUT2D eigenvalue weighted by Gasteiger charge is -2.12. The van der Waals surface area contributed by atoms with Crippen LogP contribution in [0.15, 0.2) is 47.6 Å². The number of H-pyrrole nitrogens is 1. The molecular formula is C20H13BrClN9S. The fourth-order valence-electron chi connectivity index (χ4n) is 3.57. The molecule has 2 N–H and O–H groups in total. The lowest BCUT2D eigenvalue weighted by atomic mass is 10.1. The Hall–Kier alpha value is -3.15. The van der Waals surface area contributed by atoms with Crippen LogP contribution in [-0.2, 0) is 6.54 Å². The van der Waals surface area contributed by atoms with E-state index in [1.165, 1.54) is 11.3 Å². The number of nitrogens with one attached hydrogen (secondary N) is 2. The molecule has 158 valence electrons. The maximum Gasteiger partial charge on any atom is 0.210 e. The van der Waals surface area contributed by atoms with Crippen molar-refractivity contribution >= 4 is 66.2 Å². The maximum atomic E-state index is 6.52. The number of benzene rings is 1. The number of imidazole rings is 1. The Morgan fingerprint density at radius 2 is 2.06 bits per heavy atom. The third kappa shape index (κ3) is 3.38. The van der Waals surface area contributed by atoms with Gasteiger partial charge in [-0.05, 0) is 34.5 Å². The second kappa shape index (κ2) is 7.76. The van der Waals surface area contributed by atoms with Crippen molar-refractivity contribution in [2.75, 3.05) is 5.32 Å². The Bertz CT molecular complexity index is 1480. The molecule has 4 aromatic heterocycles. The van der Waals surface area contributed by atoms with Crippen LogP contribution in [0.5, 0.6) is 0 Å². The summed E-state index contributed by atoms with van der Waals surface area (Å²) in [6.07, 6.45) is 10.1. The highest BCUT2D eigenvalue weighted by Crippen LogP contribution is 2.36. The predicted octanol–water partition coefficient (Wildman–Crippen LogP) is 5.06. The van der Waals surface area contributed by atoms with Crippen LogP contribution < -0.4 is 5.32 Å². The average molecular weight is 527 g/mol. The molecule has 0 spiro atoms. The van der Waals surface area contributed by atoms with E-state index in [9.17, 15) is 0 Å². The molecule has 0 radical (unpaired) electrons. The summed E-state index contributed by atoms with van der Waals surface area (Å²) >= 11 is 11.3. The number of allylic oxidation sites excluding steroid dienone is 1. The van der Waals surface area contributed by atoms with Crippen LogP contribution in [-0.4, -0.2) is 39.9 Å². The van der Waals surface area contributed by atoms with Gasteiger partial charge in [-0.2, -0.15) is 5.10 Å². The lowest BCUT2D eigenvalue weighted by Crippen LogP contribution is -2.07. The SMILES string of the molecule is Clc1c(Nc2nnc(C3=CCCn4cc(-c5cnc(Br)cn5)nc43)s2)ccc2[nH]ncc12. The molecule has 9 nitrogen and oxygen atoms in total. The van der Waals surface area contributed by atoms with Crippen LogP contribution in [0, 0.1) is 0 Å². The van der Waals surface area contributed by atoms with Crippen LogP contribution in [0.2, 0.25) is 5.02 Å². The molecule has 6 rings (SSSR count). The third-order valence-electron chi connectivity index (χ3n) is 5.07. The van der Waals surface area contributed by atoms with E-state index in [-0.39, 0.29) is 0 Å². The van der Waals surface area contributed by atoms with E-state index in [1.54, 1.807) is 18.6 Å². The molecule has 0 atom stereocenters. The molecule has 1 aliphatic rings. The maximum absolute atomic E-state index is 6.52. The van der Waals surface area contributed by atoms with Crippen molar-refractivity contribution < 1.29 is 0 Å². The second-order valence-electron chi connectivity index (χ2n) is 7.07. The topological polar surface area (TPSA) is 110 Å². The van der Waals surface area contributed by atoms with Gasteiger partial charge in [0.05, 0.1) is 40.4 Å². The fourth-order valence-corrected chi connectivity index (χ4v) is 4.83. The quantitative estimate of drug-likeness (QED) is 0.337. The van der Waals surface area contributed by atoms with Crippen molar-refractivity contribution in [1.82, 2.24) is 39.9 Å². The van der Waals surface area contributed by atoms with Crippen molar-refractivity contribution in [2.24, 2.45) is 0 Å². The molecule has 0 bridgehead atoms. The monoisotopic (exact) mass is 525 g/mol. The van der Waals surface area contributed by atoms with E-state index < -0.39 is 0 Å². The zero-order valence-corrected chi connectivity index (χ0v) is 19.4. The molecule has 0 saturated heterocycles. The normalized spacial score (nSPS) is 13.2. The Labute approximate surface area is 198 Å². The van der Waals surface area contributed by atoms with Crippen LogP contribution in [0.25, 0.3) is 27.9 Å². The second-order valence-corrected chi connectivity index (χ2v) is 9.24. The highest BCUT2D eigenvalue weighted by atomic mass is 79.9. The summed E-state index contributed by atoms with van der Waals surface area (Å²) in [7, 11) is 0. The highest BCUT2D eigenvalue weighted by Gasteiger charge is 2.22. The summed E-state index contributed by atoms with van der Waals surface area (Å²) in [5, 5.41) is 21.8. The van der Waals surface area contributed by atoms with Crippen molar-refractivity contribution in [3.63, 3.8) is 0 Å². The molecule has 32 heavy (non-hydrogen) atoms. The van der Waals surface area contributed by atoms with Gasteiger partial charge < -0.3 is 9.88 Å². The largest absolute Gasteiger partial charge is 0.330 e. The Morgan fingerprint density at radius 3 is 2.94 bits per heavy atom. The highest BCUT2D eigenvalue weighted by molar-refractivity contribution is 9.10. The number of anilines is 2. The Kier molecular flexibility index (Phi) is 4.74. The molecule has 5 aromatic rings. The molecule has 5 heterocycles. The molecule has 0 aliphatic carbocycles. The van der Waals surface area contributed by atoms with Gasteiger partial charge in [0, 0.05) is 18.1 Å². The summed E-state index contributed by atoms with van der Waals surface area (Å²) in [6, 6.07) is 3.81. The van der Waals surface area contributed by atoms with Gasteiger partial charge in [-0.25, -0.2) is 9.97 Å². The van der Waals surface area contributed by atoms with Gasteiger partial charge in [0.1, 0.15) is 21.8 Å². The number of fused-ring (bicyclic) bond motifs is 2.